The molecule has 24 heavy (non-hydrogen) atoms. The highest BCUT2D eigenvalue weighted by Gasteiger charge is 2.22. The Morgan fingerprint density at radius 2 is 1.96 bits per heavy atom. The van der Waals surface area contributed by atoms with Crippen LogP contribution in [0.15, 0.2) is 54.9 Å². The van der Waals surface area contributed by atoms with Gasteiger partial charge in [0.1, 0.15) is 6.33 Å². The fraction of sp³-hybridized carbons (Fsp3) is 0.263. The van der Waals surface area contributed by atoms with Crippen molar-refractivity contribution in [1.29, 1.82) is 0 Å². The first kappa shape index (κ1) is 14.9. The number of nitrogens with zero attached hydrogens (tertiary/aromatic N) is 3. The van der Waals surface area contributed by atoms with Crippen LogP contribution in [-0.4, -0.2) is 46.2 Å². The van der Waals surface area contributed by atoms with Gasteiger partial charge in [-0.15, -0.1) is 0 Å². The zero-order chi connectivity index (χ0) is 16.5. The lowest BCUT2D eigenvalue weighted by Crippen LogP contribution is -2.44. The van der Waals surface area contributed by atoms with Crippen molar-refractivity contribution in [1.82, 2.24) is 14.5 Å². The van der Waals surface area contributed by atoms with Gasteiger partial charge in [-0.2, -0.15) is 0 Å². The van der Waals surface area contributed by atoms with Crippen molar-refractivity contribution in [3.63, 3.8) is 0 Å². The molecule has 1 saturated heterocycles. The van der Waals surface area contributed by atoms with E-state index in [2.05, 4.69) is 4.98 Å². The Morgan fingerprint density at radius 1 is 1.17 bits per heavy atom. The highest BCUT2D eigenvalue weighted by Crippen LogP contribution is 2.19. The van der Waals surface area contributed by atoms with Crippen molar-refractivity contribution in [3.05, 3.63) is 60.4 Å². The van der Waals surface area contributed by atoms with E-state index < -0.39 is 0 Å². The molecule has 0 spiro atoms. The molecule has 5 heteroatoms. The number of rotatable bonds is 2. The molecular weight excluding hydrogens is 302 g/mol. The first-order valence-corrected chi connectivity index (χ1v) is 8.16. The number of fused-ring (bicyclic) bond motifs is 1. The van der Waals surface area contributed by atoms with E-state index in [1.54, 1.807) is 0 Å². The number of hydrogen-bond acceptors (Lipinski definition) is 3. The van der Waals surface area contributed by atoms with Crippen LogP contribution in [-0.2, 0) is 4.74 Å². The molecule has 1 aliphatic heterocycles. The maximum absolute atomic E-state index is 12.6. The van der Waals surface area contributed by atoms with Crippen LogP contribution >= 0.6 is 0 Å². The molecule has 1 atom stereocenters. The van der Waals surface area contributed by atoms with Crippen molar-refractivity contribution in [3.8, 4) is 5.69 Å². The van der Waals surface area contributed by atoms with Gasteiger partial charge in [-0.25, -0.2) is 4.98 Å². The third-order valence-corrected chi connectivity index (χ3v) is 4.37. The first-order chi connectivity index (χ1) is 11.7. The normalized spacial score (nSPS) is 18.0. The van der Waals surface area contributed by atoms with Crippen molar-refractivity contribution < 1.29 is 9.53 Å². The molecule has 1 fully saturated rings. The largest absolute Gasteiger partial charge is 0.375 e. The molecule has 1 aliphatic rings. The Morgan fingerprint density at radius 3 is 2.75 bits per heavy atom. The molecule has 0 saturated carbocycles. The van der Waals surface area contributed by atoms with E-state index in [9.17, 15) is 4.79 Å². The van der Waals surface area contributed by atoms with Gasteiger partial charge in [-0.3, -0.25) is 9.36 Å². The first-order valence-electron chi connectivity index (χ1n) is 8.16. The number of carbonyl (C=O) groups excluding carboxylic acids is 1. The fourth-order valence-corrected chi connectivity index (χ4v) is 3.12. The summed E-state index contributed by atoms with van der Waals surface area (Å²) in [6.07, 6.45) is 1.91. The van der Waals surface area contributed by atoms with Crippen molar-refractivity contribution in [2.24, 2.45) is 0 Å². The summed E-state index contributed by atoms with van der Waals surface area (Å²) in [5, 5.41) is 0. The molecule has 4 rings (SSSR count). The summed E-state index contributed by atoms with van der Waals surface area (Å²) < 4.78 is 7.53. The summed E-state index contributed by atoms with van der Waals surface area (Å²) in [6.45, 7) is 3.89. The predicted octanol–water partition coefficient (Wildman–Crippen LogP) is 2.89. The van der Waals surface area contributed by atoms with Gasteiger partial charge >= 0.3 is 0 Å². The lowest BCUT2D eigenvalue weighted by molar-refractivity contribution is -0.0124. The van der Waals surface area contributed by atoms with Gasteiger partial charge < -0.3 is 9.64 Å². The number of morpholine rings is 1. The van der Waals surface area contributed by atoms with Crippen molar-refractivity contribution in [2.75, 3.05) is 19.7 Å². The van der Waals surface area contributed by atoms with E-state index in [0.717, 1.165) is 16.7 Å². The minimum absolute atomic E-state index is 0.0622. The summed E-state index contributed by atoms with van der Waals surface area (Å²) in [7, 11) is 0. The summed E-state index contributed by atoms with van der Waals surface area (Å²) in [4.78, 5) is 18.9. The molecule has 0 N–H and O–H groups in total. The number of hydrogen-bond donors (Lipinski definition) is 0. The van der Waals surface area contributed by atoms with Crippen LogP contribution in [0, 0.1) is 0 Å². The van der Waals surface area contributed by atoms with E-state index in [4.69, 9.17) is 4.74 Å². The van der Waals surface area contributed by atoms with E-state index in [1.165, 1.54) is 0 Å². The van der Waals surface area contributed by atoms with Gasteiger partial charge in [0, 0.05) is 24.3 Å². The lowest BCUT2D eigenvalue weighted by atomic mass is 10.1. The molecule has 2 aromatic carbocycles. The Kier molecular flexibility index (Phi) is 3.78. The van der Waals surface area contributed by atoms with Gasteiger partial charge in [0.25, 0.3) is 5.91 Å². The number of para-hydroxylation sites is 2. The second kappa shape index (κ2) is 6.09. The summed E-state index contributed by atoms with van der Waals surface area (Å²) in [5.74, 6) is 0.0622. The predicted molar refractivity (Wildman–Crippen MR) is 92.4 cm³/mol. The molecule has 3 aromatic rings. The number of ether oxygens (including phenoxy) is 1. The minimum Gasteiger partial charge on any atom is -0.375 e. The van der Waals surface area contributed by atoms with Gasteiger partial charge in [-0.1, -0.05) is 12.1 Å². The van der Waals surface area contributed by atoms with Crippen molar-refractivity contribution >= 4 is 16.9 Å². The van der Waals surface area contributed by atoms with E-state index in [1.807, 2.05) is 71.2 Å². The molecule has 2 heterocycles. The molecule has 0 aliphatic carbocycles. The lowest BCUT2D eigenvalue weighted by Gasteiger charge is -2.31. The van der Waals surface area contributed by atoms with Crippen molar-refractivity contribution in [2.45, 2.75) is 13.0 Å². The topological polar surface area (TPSA) is 47.4 Å². The quantitative estimate of drug-likeness (QED) is 0.729. The van der Waals surface area contributed by atoms with Crippen LogP contribution in [0.1, 0.15) is 17.3 Å². The Hall–Kier alpha value is -2.66. The van der Waals surface area contributed by atoms with Crippen LogP contribution in [0.3, 0.4) is 0 Å². The average molecular weight is 321 g/mol. The molecule has 122 valence electrons. The van der Waals surface area contributed by atoms with Crippen LogP contribution in [0.5, 0.6) is 0 Å². The molecular formula is C19H19N3O2. The second-order valence-corrected chi connectivity index (χ2v) is 6.08. The van der Waals surface area contributed by atoms with E-state index >= 15 is 0 Å². The highest BCUT2D eigenvalue weighted by atomic mass is 16.5. The number of carbonyl (C=O) groups is 1. The third kappa shape index (κ3) is 2.67. The maximum atomic E-state index is 12.6. The molecule has 5 nitrogen and oxygen atoms in total. The van der Waals surface area contributed by atoms with Gasteiger partial charge in [0.15, 0.2) is 0 Å². The third-order valence-electron chi connectivity index (χ3n) is 4.37. The molecule has 0 unspecified atom stereocenters. The Bertz CT molecular complexity index is 870. The van der Waals surface area contributed by atoms with E-state index in [0.29, 0.717) is 25.3 Å². The van der Waals surface area contributed by atoms with Gasteiger partial charge in [0.2, 0.25) is 0 Å². The molecule has 0 radical (unpaired) electrons. The number of imidazole rings is 1. The molecule has 1 amide bonds. The molecule has 1 aromatic heterocycles. The summed E-state index contributed by atoms with van der Waals surface area (Å²) >= 11 is 0. The SMILES string of the molecule is C[C@@H]1CN(C(=O)c2ccc(-n3cnc4ccccc43)cc2)CCO1. The maximum Gasteiger partial charge on any atom is 0.254 e. The summed E-state index contributed by atoms with van der Waals surface area (Å²) in [5.41, 5.74) is 3.71. The number of benzene rings is 2. The molecule has 0 bridgehead atoms. The standard InChI is InChI=1S/C19H19N3O2/c1-14-12-21(10-11-24-14)19(23)15-6-8-16(9-7-15)22-13-20-17-4-2-3-5-18(17)22/h2-9,13-14H,10-12H2,1H3/t14-/m1/s1. The van der Waals surface area contributed by atoms with Crippen LogP contribution in [0.4, 0.5) is 0 Å². The van der Waals surface area contributed by atoms with Crippen LogP contribution in [0.25, 0.3) is 16.7 Å². The highest BCUT2D eigenvalue weighted by molar-refractivity contribution is 5.94. The number of aromatic nitrogens is 2. The second-order valence-electron chi connectivity index (χ2n) is 6.08. The Balaban J connectivity index is 1.59. The fourth-order valence-electron chi connectivity index (χ4n) is 3.12. The average Bonchev–Trinajstić information content (AvgIpc) is 3.05. The zero-order valence-electron chi connectivity index (χ0n) is 13.6. The van der Waals surface area contributed by atoms with Gasteiger partial charge in [-0.05, 0) is 43.3 Å². The Labute approximate surface area is 140 Å². The van der Waals surface area contributed by atoms with Crippen LogP contribution in [0.2, 0.25) is 0 Å². The van der Waals surface area contributed by atoms with Gasteiger partial charge in [0.05, 0.1) is 23.7 Å². The summed E-state index contributed by atoms with van der Waals surface area (Å²) in [6, 6.07) is 15.7. The van der Waals surface area contributed by atoms with Crippen LogP contribution < -0.4 is 0 Å². The van der Waals surface area contributed by atoms with E-state index in [-0.39, 0.29) is 12.0 Å². The number of amides is 1. The minimum atomic E-state index is 0.0622. The monoisotopic (exact) mass is 321 g/mol. The smallest absolute Gasteiger partial charge is 0.254 e. The zero-order valence-corrected chi connectivity index (χ0v) is 13.6.